The van der Waals surface area contributed by atoms with Crippen LogP contribution in [-0.4, -0.2) is 232 Å². The van der Waals surface area contributed by atoms with Gasteiger partial charge in [0.25, 0.3) is 0 Å². The Kier molecular flexibility index (Phi) is 21.9. The molecule has 0 spiro atoms. The van der Waals surface area contributed by atoms with Crippen LogP contribution in [0.15, 0.2) is 24.3 Å². The van der Waals surface area contributed by atoms with Crippen LogP contribution in [0.3, 0.4) is 0 Å². The first-order valence-electron chi connectivity index (χ1n) is 31.3. The number of ether oxygens (including phenoxy) is 8. The molecule has 6 aromatic rings. The molecule has 0 aromatic carbocycles. The molecule has 94 heavy (non-hydrogen) atoms. The lowest BCUT2D eigenvalue weighted by Crippen LogP contribution is -2.43. The zero-order valence-corrected chi connectivity index (χ0v) is 58.5. The Labute approximate surface area is 553 Å². The maximum absolute atomic E-state index is 13.9. The van der Waals surface area contributed by atoms with Gasteiger partial charge in [0, 0.05) is 33.2 Å². The van der Waals surface area contributed by atoms with Crippen LogP contribution in [0.5, 0.6) is 0 Å². The van der Waals surface area contributed by atoms with E-state index in [9.17, 15) is 44.1 Å². The zero-order chi connectivity index (χ0) is 67.9. The number of nitrogens with zero attached hydrogens (tertiary/aromatic N) is 14. The first-order valence-corrected chi connectivity index (χ1v) is 40.0. The first-order chi connectivity index (χ1) is 44.2. The third kappa shape index (κ3) is 16.2. The molecular weight excluding hydrogens is 1330 g/mol. The number of tetrazole rings is 2. The SMILES string of the molecule is CC(C)(C)OC(=O)N(c1nc(Cl)nn2c([C@H]3O[C@H](CO[C@](CO)(Cc4nnn(COCC[Si](C)(C)C)n4)P(C)(C)=O)[C@H]4OC(C)(C)O[C@H]43)ccc12)C1CCCC1.O=P(O)(O)[C@@](CO)(Cc1nn[nH]n1)OC[C@H]1O[C@@H](c2ccc3c(NC4CCCC4)nc(Cl)nn23)[C@H](O)[C@@H]1O. The number of amides is 1. The van der Waals surface area contributed by atoms with Gasteiger partial charge in [-0.25, -0.2) is 13.8 Å². The summed E-state index contributed by atoms with van der Waals surface area (Å²) in [7, 11) is -9.55. The van der Waals surface area contributed by atoms with Crippen LogP contribution in [0, 0.1) is 0 Å². The van der Waals surface area contributed by atoms with E-state index in [4.69, 9.17) is 61.1 Å². The normalized spacial score (nSPS) is 25.0. The molecule has 8 N–H and O–H groups in total. The van der Waals surface area contributed by atoms with Crippen molar-refractivity contribution in [3.63, 3.8) is 0 Å². The second-order valence-corrected chi connectivity index (χ2v) is 39.2. The van der Waals surface area contributed by atoms with E-state index in [1.807, 2.05) is 46.8 Å². The third-order valence-electron chi connectivity index (χ3n) is 17.3. The number of hydrogen-bond donors (Lipinski definition) is 8. The van der Waals surface area contributed by atoms with E-state index in [0.29, 0.717) is 40.7 Å². The fraction of sp³-hybridized carbons (Fsp3) is 0.732. The Morgan fingerprint density at radius 3 is 2.02 bits per heavy atom. The smallest absolute Gasteiger partial charge is 0.416 e. The number of aliphatic hydroxyl groups excluding tert-OH is 4. The number of fused-ring (bicyclic) bond motifs is 3. The minimum atomic E-state index is -5.10. The Morgan fingerprint density at radius 1 is 0.798 bits per heavy atom. The Bertz CT molecular complexity index is 3670. The molecule has 0 bridgehead atoms. The largest absolute Gasteiger partial charge is 0.443 e. The van der Waals surface area contributed by atoms with Crippen LogP contribution in [0.4, 0.5) is 16.4 Å². The summed E-state index contributed by atoms with van der Waals surface area (Å²) in [5.41, 5.74) is 1.39. The summed E-state index contributed by atoms with van der Waals surface area (Å²) < 4.78 is 78.2. The number of hydrogen-bond acceptors (Lipinski definition) is 26. The zero-order valence-electron chi connectivity index (χ0n) is 54.2. The van der Waals surface area contributed by atoms with Crippen molar-refractivity contribution < 1.29 is 82.0 Å². The van der Waals surface area contributed by atoms with Crippen molar-refractivity contribution in [2.45, 2.75) is 214 Å². The molecule has 38 heteroatoms. The summed E-state index contributed by atoms with van der Waals surface area (Å²) in [6, 6.07) is 8.21. The van der Waals surface area contributed by atoms with Crippen molar-refractivity contribution in [2.24, 2.45) is 0 Å². The molecule has 0 radical (unpaired) electrons. The molecule has 5 fully saturated rings. The fourth-order valence-electron chi connectivity index (χ4n) is 12.3. The topological polar surface area (TPSA) is 420 Å². The lowest BCUT2D eigenvalue weighted by atomic mass is 10.1. The van der Waals surface area contributed by atoms with Gasteiger partial charge in [-0.1, -0.05) is 50.5 Å². The maximum atomic E-state index is 13.9. The van der Waals surface area contributed by atoms with Gasteiger partial charge in [0.15, 0.2) is 46.5 Å². The van der Waals surface area contributed by atoms with E-state index in [1.165, 1.54) is 9.31 Å². The number of anilines is 2. The van der Waals surface area contributed by atoms with Gasteiger partial charge >= 0.3 is 13.7 Å². The number of halogens is 2. The van der Waals surface area contributed by atoms with Gasteiger partial charge in [-0.15, -0.1) is 35.4 Å². The molecule has 0 unspecified atom stereocenters. The highest BCUT2D eigenvalue weighted by Crippen LogP contribution is 2.55. The number of carbonyl (C=O) groups is 1. The standard InChI is InChI=1S/C36H58ClN8O9PSi.C20H28ClN8O8P/c1-34(2,3)54-33(47)44(23-13-11-12-14-23)31-25-16-15-24(45(25)41-32(37)38-31)28-30-29(52-35(4,5)53-30)26(51-28)20-50-36(21-46,55(6,7)48)19-27-39-42-43(40-27)22-49-17-18-56(8,9)10;21-19-23-18(22-10-3-1-2-4-10)12-6-5-11(29(12)26-19)17-16(32)15(31)13(37-17)8-36-20(9-30,38(33,34)35)7-14-24-27-28-25-14/h15-16,23,26,28-30,46H,11-14,17-22H2,1-10H3;5-6,10,13,15-17,30-32H,1-4,7-9H2,(H,22,23,26)(H2,33,34,35)(H,24,25,27,28)/t26-,28-,29-,30+,36-;13-,15-,16-,17+,20-/m11/s1. The molecule has 10 atom stereocenters. The average molecular weight is 1420 g/mol. The van der Waals surface area contributed by atoms with Crippen molar-refractivity contribution in [3.05, 3.63) is 57.9 Å². The van der Waals surface area contributed by atoms with Gasteiger partial charge < -0.3 is 78.0 Å². The van der Waals surface area contributed by atoms with Gasteiger partial charge in [0.1, 0.15) is 72.6 Å². The molecule has 11 rings (SSSR count). The van der Waals surface area contributed by atoms with E-state index in [0.717, 1.165) is 57.4 Å². The molecular formula is C56H86Cl2N16O17P2Si. The number of carbonyl (C=O) groups excluding carboxylic acids is 1. The molecule has 2 aliphatic carbocycles. The third-order valence-corrected chi connectivity index (χ3v) is 23.2. The van der Waals surface area contributed by atoms with E-state index in [-0.39, 0.29) is 54.1 Å². The maximum Gasteiger partial charge on any atom is 0.416 e. The number of rotatable bonds is 25. The van der Waals surface area contributed by atoms with Crippen LogP contribution in [0.25, 0.3) is 11.0 Å². The fourth-order valence-corrected chi connectivity index (χ4v) is 15.4. The van der Waals surface area contributed by atoms with Crippen LogP contribution in [0.2, 0.25) is 36.3 Å². The van der Waals surface area contributed by atoms with Crippen LogP contribution in [0.1, 0.15) is 121 Å². The van der Waals surface area contributed by atoms with Crippen molar-refractivity contribution in [1.29, 1.82) is 0 Å². The molecule has 520 valence electrons. The highest BCUT2D eigenvalue weighted by Gasteiger charge is 2.58. The van der Waals surface area contributed by atoms with Crippen molar-refractivity contribution in [1.82, 2.24) is 70.0 Å². The number of aromatic nitrogens is 14. The number of nitrogens with one attached hydrogen (secondary N) is 2. The van der Waals surface area contributed by atoms with Crippen LogP contribution >= 0.6 is 37.9 Å². The minimum absolute atomic E-state index is 0.0285. The number of H-pyrrole nitrogens is 1. The van der Waals surface area contributed by atoms with Crippen molar-refractivity contribution >= 4 is 74.8 Å². The molecule has 3 saturated heterocycles. The van der Waals surface area contributed by atoms with Crippen molar-refractivity contribution in [2.75, 3.05) is 56.6 Å². The lowest BCUT2D eigenvalue weighted by molar-refractivity contribution is -0.197. The number of aromatic amines is 1. The summed E-state index contributed by atoms with van der Waals surface area (Å²) in [4.78, 5) is 45.4. The van der Waals surface area contributed by atoms with Gasteiger partial charge in [-0.3, -0.25) is 9.46 Å². The molecule has 9 heterocycles. The minimum Gasteiger partial charge on any atom is -0.443 e. The van der Waals surface area contributed by atoms with Gasteiger partial charge in [0.2, 0.25) is 10.6 Å². The molecule has 1 amide bonds. The Morgan fingerprint density at radius 2 is 1.39 bits per heavy atom. The summed E-state index contributed by atoms with van der Waals surface area (Å²) in [6.45, 7) is 17.5. The summed E-state index contributed by atoms with van der Waals surface area (Å²) in [6.07, 6.45) is -1.18. The van der Waals surface area contributed by atoms with Gasteiger partial charge in [-0.05, 0) is 132 Å². The molecule has 2 saturated carbocycles. The summed E-state index contributed by atoms with van der Waals surface area (Å²) in [5, 5.41) is 75.8. The van der Waals surface area contributed by atoms with E-state index >= 15 is 0 Å². The molecule has 33 nitrogen and oxygen atoms in total. The van der Waals surface area contributed by atoms with E-state index in [2.05, 4.69) is 81.2 Å². The quantitative estimate of drug-likeness (QED) is 0.0201. The average Bonchev–Trinajstić information content (AvgIpc) is 1.58. The van der Waals surface area contributed by atoms with Gasteiger partial charge in [-0.2, -0.15) is 15.2 Å². The molecule has 6 aromatic heterocycles. The monoisotopic (exact) mass is 1410 g/mol. The van der Waals surface area contributed by atoms with Crippen LogP contribution in [-0.2, 0) is 66.6 Å². The van der Waals surface area contributed by atoms with Gasteiger partial charge in [0.05, 0.1) is 44.2 Å². The predicted molar refractivity (Wildman–Crippen MR) is 340 cm³/mol. The highest BCUT2D eigenvalue weighted by molar-refractivity contribution is 7.63. The van der Waals surface area contributed by atoms with E-state index in [1.54, 1.807) is 34.9 Å². The lowest BCUT2D eigenvalue weighted by Gasteiger charge is -2.36. The second kappa shape index (κ2) is 28.6. The first kappa shape index (κ1) is 71.9. The predicted octanol–water partition coefficient (Wildman–Crippen LogP) is 5.43. The Balaban J connectivity index is 0.000000221. The second-order valence-electron chi connectivity index (χ2n) is 27.5. The molecule has 3 aliphatic heterocycles. The van der Waals surface area contributed by atoms with E-state index < -0.39 is 126 Å². The highest BCUT2D eigenvalue weighted by atomic mass is 35.5. The van der Waals surface area contributed by atoms with Crippen molar-refractivity contribution in [3.8, 4) is 0 Å². The summed E-state index contributed by atoms with van der Waals surface area (Å²) in [5.74, 6) is 0.0631. The Hall–Kier alpha value is -4.81. The van der Waals surface area contributed by atoms with Crippen LogP contribution < -0.4 is 10.2 Å². The number of aliphatic hydroxyl groups is 4. The summed E-state index contributed by atoms with van der Waals surface area (Å²) >= 11 is 12.8. The molecule has 5 aliphatic rings.